The van der Waals surface area contributed by atoms with Crippen molar-refractivity contribution < 1.29 is 9.59 Å². The van der Waals surface area contributed by atoms with Crippen molar-refractivity contribution in [3.05, 3.63) is 30.6 Å². The molecule has 0 radical (unpaired) electrons. The van der Waals surface area contributed by atoms with Crippen molar-refractivity contribution >= 4 is 59.6 Å². The number of fused-ring (bicyclic) bond motifs is 1. The van der Waals surface area contributed by atoms with Gasteiger partial charge in [0.05, 0.1) is 11.1 Å². The number of carbonyl (C=O) groups is 2. The van der Waals surface area contributed by atoms with E-state index in [2.05, 4.69) is 53.1 Å². The summed E-state index contributed by atoms with van der Waals surface area (Å²) in [6.07, 6.45) is 0. The number of hydrogen-bond donors (Lipinski definition) is 1. The van der Waals surface area contributed by atoms with Crippen LogP contribution in [0.2, 0.25) is 0 Å². The molecule has 0 aromatic heterocycles. The van der Waals surface area contributed by atoms with Crippen LogP contribution in [-0.4, -0.2) is 11.8 Å². The standard InChI is InChI=1S/C8H2Br3NO2/c9-2-1-3(10)6(11)5-4(2)7(13)12-8(5)14/h1H,(H,12,13,14). The highest BCUT2D eigenvalue weighted by Gasteiger charge is 2.32. The monoisotopic (exact) mass is 381 g/mol. The molecule has 1 aliphatic rings. The van der Waals surface area contributed by atoms with Crippen LogP contribution in [0.4, 0.5) is 0 Å². The van der Waals surface area contributed by atoms with E-state index in [1.54, 1.807) is 6.07 Å². The van der Waals surface area contributed by atoms with Gasteiger partial charge in [-0.3, -0.25) is 14.9 Å². The Morgan fingerprint density at radius 1 is 0.929 bits per heavy atom. The molecule has 0 saturated carbocycles. The molecule has 0 saturated heterocycles. The fourth-order valence-corrected chi connectivity index (χ4v) is 3.09. The maximum Gasteiger partial charge on any atom is 0.260 e. The van der Waals surface area contributed by atoms with Gasteiger partial charge in [-0.15, -0.1) is 0 Å². The van der Waals surface area contributed by atoms with Crippen molar-refractivity contribution in [2.24, 2.45) is 0 Å². The minimum Gasteiger partial charge on any atom is -0.288 e. The lowest BCUT2D eigenvalue weighted by Gasteiger charge is -2.03. The van der Waals surface area contributed by atoms with Gasteiger partial charge < -0.3 is 0 Å². The molecule has 0 aliphatic carbocycles. The molecule has 0 bridgehead atoms. The largest absolute Gasteiger partial charge is 0.288 e. The van der Waals surface area contributed by atoms with E-state index >= 15 is 0 Å². The molecule has 3 nitrogen and oxygen atoms in total. The maximum absolute atomic E-state index is 11.4. The van der Waals surface area contributed by atoms with Crippen LogP contribution in [0.25, 0.3) is 0 Å². The first-order chi connectivity index (χ1) is 6.52. The highest BCUT2D eigenvalue weighted by molar-refractivity contribution is 9.13. The van der Waals surface area contributed by atoms with Gasteiger partial charge in [0, 0.05) is 13.4 Å². The van der Waals surface area contributed by atoms with Gasteiger partial charge in [0.15, 0.2) is 0 Å². The van der Waals surface area contributed by atoms with E-state index in [0.717, 1.165) is 4.47 Å². The first kappa shape index (κ1) is 10.3. The van der Waals surface area contributed by atoms with Crippen molar-refractivity contribution in [1.82, 2.24) is 5.32 Å². The zero-order valence-electron chi connectivity index (χ0n) is 6.53. The average Bonchev–Trinajstić information content (AvgIpc) is 2.38. The first-order valence-corrected chi connectivity index (χ1v) is 5.93. The van der Waals surface area contributed by atoms with E-state index in [4.69, 9.17) is 0 Å². The summed E-state index contributed by atoms with van der Waals surface area (Å²) in [4.78, 5) is 22.8. The molecular weight excluding hydrogens is 382 g/mol. The number of halogens is 3. The van der Waals surface area contributed by atoms with Gasteiger partial charge in [-0.1, -0.05) is 0 Å². The lowest BCUT2D eigenvalue weighted by molar-refractivity contribution is 0.0879. The van der Waals surface area contributed by atoms with Crippen LogP contribution < -0.4 is 5.32 Å². The number of amides is 2. The van der Waals surface area contributed by atoms with E-state index in [1.807, 2.05) is 0 Å². The molecule has 2 rings (SSSR count). The Kier molecular flexibility index (Phi) is 2.53. The van der Waals surface area contributed by atoms with Crippen LogP contribution in [0, 0.1) is 0 Å². The molecule has 0 atom stereocenters. The highest BCUT2D eigenvalue weighted by atomic mass is 79.9. The lowest BCUT2D eigenvalue weighted by atomic mass is 10.1. The van der Waals surface area contributed by atoms with Gasteiger partial charge in [-0.25, -0.2) is 0 Å². The smallest absolute Gasteiger partial charge is 0.260 e. The molecule has 6 heteroatoms. The van der Waals surface area contributed by atoms with Crippen LogP contribution in [0.15, 0.2) is 19.5 Å². The molecule has 14 heavy (non-hydrogen) atoms. The molecule has 0 spiro atoms. The van der Waals surface area contributed by atoms with Crippen LogP contribution >= 0.6 is 47.8 Å². The summed E-state index contributed by atoms with van der Waals surface area (Å²) in [5, 5.41) is 2.23. The maximum atomic E-state index is 11.4. The topological polar surface area (TPSA) is 46.2 Å². The minimum absolute atomic E-state index is 0.370. The SMILES string of the molecule is O=C1NC(=O)c2c(Br)c(Br)cc(Br)c21. The Morgan fingerprint density at radius 3 is 2.14 bits per heavy atom. The number of benzene rings is 1. The van der Waals surface area contributed by atoms with Crippen molar-refractivity contribution in [3.63, 3.8) is 0 Å². The van der Waals surface area contributed by atoms with Crippen LogP contribution in [0.1, 0.15) is 20.7 Å². The number of rotatable bonds is 0. The quantitative estimate of drug-likeness (QED) is 0.553. The normalized spacial score (nSPS) is 14.2. The molecule has 1 heterocycles. The van der Waals surface area contributed by atoms with Gasteiger partial charge in [-0.2, -0.15) is 0 Å². The molecular formula is C8H2Br3NO2. The molecule has 1 aromatic rings. The highest BCUT2D eigenvalue weighted by Crippen LogP contribution is 2.36. The fourth-order valence-electron chi connectivity index (χ4n) is 1.26. The van der Waals surface area contributed by atoms with Crippen molar-refractivity contribution in [1.29, 1.82) is 0 Å². The summed E-state index contributed by atoms with van der Waals surface area (Å²) < 4.78 is 1.93. The molecule has 1 aliphatic heterocycles. The third-order valence-corrected chi connectivity index (χ3v) is 4.46. The molecule has 1 aromatic carbocycles. The molecule has 0 unspecified atom stereocenters. The number of nitrogens with one attached hydrogen (secondary N) is 1. The molecule has 72 valence electrons. The van der Waals surface area contributed by atoms with Gasteiger partial charge >= 0.3 is 0 Å². The van der Waals surface area contributed by atoms with Crippen LogP contribution in [0.5, 0.6) is 0 Å². The van der Waals surface area contributed by atoms with Crippen LogP contribution in [0.3, 0.4) is 0 Å². The third-order valence-electron chi connectivity index (χ3n) is 1.85. The van der Waals surface area contributed by atoms with E-state index in [-0.39, 0.29) is 11.8 Å². The van der Waals surface area contributed by atoms with Gasteiger partial charge in [0.2, 0.25) is 0 Å². The van der Waals surface area contributed by atoms with E-state index in [1.165, 1.54) is 0 Å². The summed E-state index contributed by atoms with van der Waals surface area (Å²) in [5.41, 5.74) is 0.751. The number of imide groups is 1. The van der Waals surface area contributed by atoms with Crippen molar-refractivity contribution in [2.45, 2.75) is 0 Å². The van der Waals surface area contributed by atoms with Gasteiger partial charge in [0.1, 0.15) is 0 Å². The number of carbonyl (C=O) groups excluding carboxylic acids is 2. The summed E-state index contributed by atoms with van der Waals surface area (Å²) in [6, 6.07) is 1.72. The third kappa shape index (κ3) is 1.36. The van der Waals surface area contributed by atoms with Crippen molar-refractivity contribution in [2.75, 3.05) is 0 Å². The molecule has 1 N–H and O–H groups in total. The average molecular weight is 384 g/mol. The lowest BCUT2D eigenvalue weighted by Crippen LogP contribution is -2.20. The Bertz CT molecular complexity index is 470. The summed E-state index contributed by atoms with van der Waals surface area (Å²) in [7, 11) is 0. The fraction of sp³-hybridized carbons (Fsp3) is 0. The summed E-state index contributed by atoms with van der Waals surface area (Å²) >= 11 is 9.77. The Morgan fingerprint density at radius 2 is 1.50 bits per heavy atom. The Labute approximate surface area is 105 Å². The minimum atomic E-state index is -0.376. The summed E-state index contributed by atoms with van der Waals surface area (Å²) in [5.74, 6) is -0.746. The second-order valence-corrected chi connectivity index (χ2v) is 5.19. The van der Waals surface area contributed by atoms with E-state index < -0.39 is 0 Å². The zero-order chi connectivity index (χ0) is 10.5. The van der Waals surface area contributed by atoms with Crippen LogP contribution in [-0.2, 0) is 0 Å². The Hall–Kier alpha value is -0.200. The van der Waals surface area contributed by atoms with Gasteiger partial charge in [0.25, 0.3) is 11.8 Å². The zero-order valence-corrected chi connectivity index (χ0v) is 11.3. The first-order valence-electron chi connectivity index (χ1n) is 3.55. The second kappa shape index (κ2) is 3.43. The van der Waals surface area contributed by atoms with E-state index in [0.29, 0.717) is 20.1 Å². The predicted molar refractivity (Wildman–Crippen MR) is 61.3 cm³/mol. The second-order valence-electron chi connectivity index (χ2n) is 2.69. The molecule has 0 fully saturated rings. The van der Waals surface area contributed by atoms with Crippen molar-refractivity contribution in [3.8, 4) is 0 Å². The van der Waals surface area contributed by atoms with E-state index in [9.17, 15) is 9.59 Å². The molecule has 2 amide bonds. The summed E-state index contributed by atoms with van der Waals surface area (Å²) in [6.45, 7) is 0. The predicted octanol–water partition coefficient (Wildman–Crippen LogP) is 2.86. The van der Waals surface area contributed by atoms with Gasteiger partial charge in [-0.05, 0) is 53.9 Å². The Balaban J connectivity index is 2.86. The number of hydrogen-bond acceptors (Lipinski definition) is 2.